The van der Waals surface area contributed by atoms with Crippen LogP contribution in [0.2, 0.25) is 5.02 Å². The molecule has 0 atom stereocenters. The van der Waals surface area contributed by atoms with Gasteiger partial charge < -0.3 is 14.7 Å². The molecule has 116 valence electrons. The van der Waals surface area contributed by atoms with Crippen LogP contribution in [0.5, 0.6) is 5.75 Å². The second kappa shape index (κ2) is 6.15. The van der Waals surface area contributed by atoms with Gasteiger partial charge in [-0.05, 0) is 49.1 Å². The minimum Gasteiger partial charge on any atom is -0.493 e. The topological polar surface area (TPSA) is 32.7 Å². The van der Waals surface area contributed by atoms with Crippen LogP contribution in [0.15, 0.2) is 12.1 Å². The Hall–Kier alpha value is -0.770. The quantitative estimate of drug-likeness (QED) is 0.928. The van der Waals surface area contributed by atoms with Crippen LogP contribution >= 0.6 is 11.6 Å². The van der Waals surface area contributed by atoms with Gasteiger partial charge in [0.25, 0.3) is 0 Å². The van der Waals surface area contributed by atoms with Gasteiger partial charge in [-0.15, -0.1) is 0 Å². The highest BCUT2D eigenvalue weighted by Crippen LogP contribution is 2.37. The fourth-order valence-electron chi connectivity index (χ4n) is 3.52. The molecule has 2 aliphatic heterocycles. The van der Waals surface area contributed by atoms with Gasteiger partial charge in [0, 0.05) is 31.0 Å². The molecule has 2 aliphatic rings. The first kappa shape index (κ1) is 15.1. The summed E-state index contributed by atoms with van der Waals surface area (Å²) >= 11 is 6.21. The van der Waals surface area contributed by atoms with Crippen LogP contribution in [0.1, 0.15) is 37.3 Å². The van der Waals surface area contributed by atoms with E-state index in [2.05, 4.69) is 11.8 Å². The molecule has 1 N–H and O–H groups in total. The van der Waals surface area contributed by atoms with Crippen molar-refractivity contribution in [1.82, 2.24) is 4.90 Å². The van der Waals surface area contributed by atoms with Crippen LogP contribution < -0.4 is 4.74 Å². The van der Waals surface area contributed by atoms with Gasteiger partial charge in [-0.2, -0.15) is 0 Å². The average Bonchev–Trinajstić information content (AvgIpc) is 2.90. The zero-order valence-electron chi connectivity index (χ0n) is 12.7. The van der Waals surface area contributed by atoms with E-state index in [1.807, 2.05) is 12.1 Å². The van der Waals surface area contributed by atoms with Gasteiger partial charge in [-0.1, -0.05) is 18.5 Å². The summed E-state index contributed by atoms with van der Waals surface area (Å²) in [6.45, 7) is 6.02. The third-order valence-electron chi connectivity index (χ3n) is 4.67. The van der Waals surface area contributed by atoms with Gasteiger partial charge >= 0.3 is 0 Å². The van der Waals surface area contributed by atoms with Crippen molar-refractivity contribution in [2.75, 3.05) is 26.2 Å². The highest BCUT2D eigenvalue weighted by atomic mass is 35.5. The molecule has 0 radical (unpaired) electrons. The first-order valence-electron chi connectivity index (χ1n) is 7.98. The molecule has 0 saturated carbocycles. The number of ether oxygens (including phenoxy) is 1. The average molecular weight is 310 g/mol. The van der Waals surface area contributed by atoms with Crippen molar-refractivity contribution in [2.24, 2.45) is 0 Å². The van der Waals surface area contributed by atoms with E-state index in [0.717, 1.165) is 61.8 Å². The number of hydrogen-bond donors (Lipinski definition) is 1. The van der Waals surface area contributed by atoms with E-state index in [1.54, 1.807) is 0 Å². The van der Waals surface area contributed by atoms with E-state index in [0.29, 0.717) is 6.42 Å². The van der Waals surface area contributed by atoms with Gasteiger partial charge in [0.15, 0.2) is 0 Å². The highest BCUT2D eigenvalue weighted by molar-refractivity contribution is 6.30. The fraction of sp³-hybridized carbons (Fsp3) is 0.647. The lowest BCUT2D eigenvalue weighted by molar-refractivity contribution is -0.0208. The van der Waals surface area contributed by atoms with Gasteiger partial charge in [0.2, 0.25) is 0 Å². The van der Waals surface area contributed by atoms with Crippen LogP contribution in [0.4, 0.5) is 0 Å². The molecule has 0 aromatic heterocycles. The molecule has 0 amide bonds. The van der Waals surface area contributed by atoms with Crippen molar-refractivity contribution >= 4 is 11.6 Å². The van der Waals surface area contributed by atoms with Gasteiger partial charge in [-0.25, -0.2) is 0 Å². The summed E-state index contributed by atoms with van der Waals surface area (Å²) in [4.78, 5) is 2.44. The van der Waals surface area contributed by atoms with Crippen molar-refractivity contribution < 1.29 is 9.84 Å². The fourth-order valence-corrected chi connectivity index (χ4v) is 3.78. The second-order valence-electron chi connectivity index (χ2n) is 6.39. The summed E-state index contributed by atoms with van der Waals surface area (Å²) in [5.74, 6) is 0.962. The lowest BCUT2D eigenvalue weighted by Gasteiger charge is -2.38. The number of halogens is 1. The molecular formula is C17H24ClNO2. The standard InChI is InChI=1S/C17H24ClNO2/c1-2-6-19-7-4-17(20,5-8-19)12-14-11-15(18)10-13-3-9-21-16(13)14/h10-11,20H,2-9,12H2,1H3. The Bertz CT molecular complexity index is 510. The maximum atomic E-state index is 10.9. The first-order chi connectivity index (χ1) is 10.1. The number of likely N-dealkylation sites (tertiary alicyclic amines) is 1. The summed E-state index contributed by atoms with van der Waals surface area (Å²) in [5, 5.41) is 11.7. The van der Waals surface area contributed by atoms with Crippen LogP contribution in [-0.2, 0) is 12.8 Å². The lowest BCUT2D eigenvalue weighted by atomic mass is 9.84. The molecule has 1 saturated heterocycles. The molecule has 3 rings (SSSR count). The van der Waals surface area contributed by atoms with Gasteiger partial charge in [0.05, 0.1) is 12.2 Å². The Morgan fingerprint density at radius 1 is 1.33 bits per heavy atom. The highest BCUT2D eigenvalue weighted by Gasteiger charge is 2.34. The molecule has 0 aliphatic carbocycles. The molecule has 1 aromatic rings. The maximum absolute atomic E-state index is 10.9. The summed E-state index contributed by atoms with van der Waals surface area (Å²) in [6, 6.07) is 3.95. The number of hydrogen-bond acceptors (Lipinski definition) is 3. The molecule has 0 unspecified atom stereocenters. The predicted molar refractivity (Wildman–Crippen MR) is 85.3 cm³/mol. The third-order valence-corrected chi connectivity index (χ3v) is 4.89. The largest absolute Gasteiger partial charge is 0.493 e. The Balaban J connectivity index is 1.72. The number of benzene rings is 1. The van der Waals surface area contributed by atoms with E-state index in [9.17, 15) is 5.11 Å². The van der Waals surface area contributed by atoms with Crippen LogP contribution in [-0.4, -0.2) is 41.8 Å². The molecular weight excluding hydrogens is 286 g/mol. The van der Waals surface area contributed by atoms with Crippen molar-refractivity contribution in [3.05, 3.63) is 28.3 Å². The van der Waals surface area contributed by atoms with Crippen molar-refractivity contribution in [2.45, 2.75) is 44.6 Å². The molecule has 4 heteroatoms. The van der Waals surface area contributed by atoms with E-state index in [-0.39, 0.29) is 0 Å². The first-order valence-corrected chi connectivity index (χ1v) is 8.36. The SMILES string of the molecule is CCCN1CCC(O)(Cc2cc(Cl)cc3c2OCC3)CC1. The third kappa shape index (κ3) is 3.36. The maximum Gasteiger partial charge on any atom is 0.126 e. The Kier molecular flexibility index (Phi) is 4.43. The minimum atomic E-state index is -0.616. The molecule has 0 spiro atoms. The van der Waals surface area contributed by atoms with Crippen LogP contribution in [0.25, 0.3) is 0 Å². The van der Waals surface area contributed by atoms with Crippen molar-refractivity contribution in [3.63, 3.8) is 0 Å². The van der Waals surface area contributed by atoms with Gasteiger partial charge in [0.1, 0.15) is 5.75 Å². The van der Waals surface area contributed by atoms with Crippen LogP contribution in [0, 0.1) is 0 Å². The number of piperidine rings is 1. The Morgan fingerprint density at radius 2 is 2.10 bits per heavy atom. The number of rotatable bonds is 4. The molecule has 0 bridgehead atoms. The molecule has 21 heavy (non-hydrogen) atoms. The number of aliphatic hydroxyl groups is 1. The van der Waals surface area contributed by atoms with E-state index >= 15 is 0 Å². The molecule has 3 nitrogen and oxygen atoms in total. The van der Waals surface area contributed by atoms with Crippen LogP contribution in [0.3, 0.4) is 0 Å². The predicted octanol–water partition coefficient (Wildman–Crippen LogP) is 3.05. The summed E-state index contributed by atoms with van der Waals surface area (Å²) in [5.41, 5.74) is 1.64. The summed E-state index contributed by atoms with van der Waals surface area (Å²) in [6.07, 6.45) is 4.40. The zero-order chi connectivity index (χ0) is 14.9. The number of nitrogens with zero attached hydrogens (tertiary/aromatic N) is 1. The monoisotopic (exact) mass is 309 g/mol. The van der Waals surface area contributed by atoms with Crippen molar-refractivity contribution in [1.29, 1.82) is 0 Å². The smallest absolute Gasteiger partial charge is 0.126 e. The minimum absolute atomic E-state index is 0.616. The number of fused-ring (bicyclic) bond motifs is 1. The van der Waals surface area contributed by atoms with E-state index in [4.69, 9.17) is 16.3 Å². The van der Waals surface area contributed by atoms with E-state index < -0.39 is 5.60 Å². The van der Waals surface area contributed by atoms with Crippen molar-refractivity contribution in [3.8, 4) is 5.75 Å². The normalized spacial score (nSPS) is 21.1. The summed E-state index contributed by atoms with van der Waals surface area (Å²) < 4.78 is 5.75. The molecule has 1 aromatic carbocycles. The van der Waals surface area contributed by atoms with E-state index in [1.165, 1.54) is 12.0 Å². The van der Waals surface area contributed by atoms with Gasteiger partial charge in [-0.3, -0.25) is 0 Å². The zero-order valence-corrected chi connectivity index (χ0v) is 13.5. The molecule has 2 heterocycles. The Labute approximate surface area is 131 Å². The second-order valence-corrected chi connectivity index (χ2v) is 6.83. The summed E-state index contributed by atoms with van der Waals surface area (Å²) in [7, 11) is 0. The molecule has 1 fully saturated rings. The Morgan fingerprint density at radius 3 is 2.81 bits per heavy atom. The lowest BCUT2D eigenvalue weighted by Crippen LogP contribution is -2.45.